The summed E-state index contributed by atoms with van der Waals surface area (Å²) in [5.74, 6) is 0. The minimum absolute atomic E-state index is 0.0453. The van der Waals surface area contributed by atoms with Crippen molar-refractivity contribution in [2.75, 3.05) is 0 Å². The molecular formula is C15H9ClF3N4-. The first-order valence-electron chi connectivity index (χ1n) is 6.51. The first kappa shape index (κ1) is 15.6. The first-order chi connectivity index (χ1) is 10.9. The summed E-state index contributed by atoms with van der Waals surface area (Å²) < 4.78 is 39.1. The van der Waals surface area contributed by atoms with Crippen molar-refractivity contribution in [3.8, 4) is 11.4 Å². The normalized spacial score (nSPS) is 13.3. The number of hydrogen-bond acceptors (Lipinski definition) is 3. The zero-order chi connectivity index (χ0) is 16.6. The highest BCUT2D eigenvalue weighted by Crippen LogP contribution is 2.40. The monoisotopic (exact) mass is 337 g/mol. The molecule has 118 valence electrons. The fourth-order valence-corrected chi connectivity index (χ4v) is 2.43. The van der Waals surface area contributed by atoms with Crippen LogP contribution in [0.15, 0.2) is 42.9 Å². The Morgan fingerprint density at radius 3 is 2.61 bits per heavy atom. The third-order valence-electron chi connectivity index (χ3n) is 3.27. The Kier molecular flexibility index (Phi) is 3.91. The number of nitrogens with one attached hydrogen (secondary N) is 1. The molecule has 0 aliphatic heterocycles. The Bertz CT molecular complexity index is 852. The number of pyridine rings is 1. The van der Waals surface area contributed by atoms with Crippen molar-refractivity contribution in [3.63, 3.8) is 0 Å². The molecule has 0 bridgehead atoms. The van der Waals surface area contributed by atoms with Gasteiger partial charge in [-0.2, -0.15) is 13.2 Å². The Balaban J connectivity index is 2.32. The number of nitrogens with zero attached hydrogens (tertiary/aromatic N) is 3. The van der Waals surface area contributed by atoms with E-state index in [1.165, 1.54) is 24.7 Å². The summed E-state index contributed by atoms with van der Waals surface area (Å²) in [7, 11) is 0. The minimum atomic E-state index is -4.72. The van der Waals surface area contributed by atoms with Crippen LogP contribution in [0.5, 0.6) is 0 Å². The van der Waals surface area contributed by atoms with Gasteiger partial charge in [-0.3, -0.25) is 9.97 Å². The molecule has 23 heavy (non-hydrogen) atoms. The van der Waals surface area contributed by atoms with Crippen molar-refractivity contribution < 1.29 is 13.2 Å². The van der Waals surface area contributed by atoms with Crippen LogP contribution in [-0.2, 0) is 0 Å². The van der Waals surface area contributed by atoms with E-state index in [1.807, 2.05) is 0 Å². The van der Waals surface area contributed by atoms with Crippen LogP contribution in [0.2, 0.25) is 5.02 Å². The molecule has 0 aliphatic carbocycles. The van der Waals surface area contributed by atoms with E-state index in [4.69, 9.17) is 17.3 Å². The second-order valence-corrected chi connectivity index (χ2v) is 5.21. The molecule has 1 aromatic carbocycles. The minimum Gasteiger partial charge on any atom is -0.663 e. The number of hydrogen-bond donors (Lipinski definition) is 0. The molecule has 1 atom stereocenters. The zero-order valence-electron chi connectivity index (χ0n) is 11.5. The van der Waals surface area contributed by atoms with Gasteiger partial charge in [-0.05, 0) is 23.7 Å². The first-order valence-corrected chi connectivity index (χ1v) is 6.89. The van der Waals surface area contributed by atoms with E-state index in [9.17, 15) is 13.2 Å². The quantitative estimate of drug-likeness (QED) is 0.661. The summed E-state index contributed by atoms with van der Waals surface area (Å²) >= 11 is 6.07. The van der Waals surface area contributed by atoms with Gasteiger partial charge in [-0.25, -0.2) is 4.98 Å². The second kappa shape index (κ2) is 5.75. The summed E-state index contributed by atoms with van der Waals surface area (Å²) in [5.41, 5.74) is 7.72. The third-order valence-corrected chi connectivity index (χ3v) is 3.58. The van der Waals surface area contributed by atoms with Crippen LogP contribution in [0.4, 0.5) is 13.2 Å². The lowest BCUT2D eigenvalue weighted by Crippen LogP contribution is -2.18. The Labute approximate surface area is 134 Å². The number of aromatic nitrogens is 3. The van der Waals surface area contributed by atoms with E-state index in [0.29, 0.717) is 15.9 Å². The SMILES string of the molecule is [NH-][C@H](c1cc2cccc(Cl)c2nc1-c1cnccn1)C(F)(F)F. The van der Waals surface area contributed by atoms with E-state index in [-0.39, 0.29) is 17.0 Å². The molecule has 2 aromatic heterocycles. The molecule has 3 aromatic rings. The number of fused-ring (bicyclic) bond motifs is 1. The maximum atomic E-state index is 13.0. The third kappa shape index (κ3) is 2.97. The van der Waals surface area contributed by atoms with Gasteiger partial charge < -0.3 is 5.73 Å². The lowest BCUT2D eigenvalue weighted by molar-refractivity contribution is -0.139. The van der Waals surface area contributed by atoms with E-state index in [2.05, 4.69) is 15.0 Å². The standard InChI is InChI=1S/C15H9ClF3N4/c16-10-3-1-2-8-6-9(14(20)15(17,18)19)13(23-12(8)10)11-7-21-4-5-22-11/h1-7,14,20H/q-1/t14-/m1/s1. The molecule has 0 amide bonds. The molecule has 1 N–H and O–H groups in total. The molecule has 0 fully saturated rings. The van der Waals surface area contributed by atoms with Gasteiger partial charge in [-0.15, -0.1) is 0 Å². The van der Waals surface area contributed by atoms with Crippen LogP contribution >= 0.6 is 11.6 Å². The molecule has 0 spiro atoms. The Hall–Kier alpha value is -2.25. The average Bonchev–Trinajstić information content (AvgIpc) is 2.53. The number of halogens is 4. The molecule has 0 saturated heterocycles. The lowest BCUT2D eigenvalue weighted by Gasteiger charge is -2.26. The molecular weight excluding hydrogens is 329 g/mol. The lowest BCUT2D eigenvalue weighted by atomic mass is 10.0. The van der Waals surface area contributed by atoms with Crippen LogP contribution in [0.25, 0.3) is 28.0 Å². The molecule has 0 saturated carbocycles. The predicted molar refractivity (Wildman–Crippen MR) is 80.9 cm³/mol. The predicted octanol–water partition coefficient (Wildman–Crippen LogP) is 5.00. The second-order valence-electron chi connectivity index (χ2n) is 4.80. The molecule has 4 nitrogen and oxygen atoms in total. The van der Waals surface area contributed by atoms with Crippen LogP contribution in [0.1, 0.15) is 11.6 Å². The van der Waals surface area contributed by atoms with Gasteiger partial charge in [0.2, 0.25) is 0 Å². The van der Waals surface area contributed by atoms with E-state index < -0.39 is 12.2 Å². The largest absolute Gasteiger partial charge is 0.663 e. The van der Waals surface area contributed by atoms with Crippen molar-refractivity contribution in [2.24, 2.45) is 0 Å². The molecule has 0 aliphatic rings. The summed E-state index contributed by atoms with van der Waals surface area (Å²) in [6.45, 7) is 0. The van der Waals surface area contributed by atoms with Crippen molar-refractivity contribution in [3.05, 3.63) is 59.2 Å². The average molecular weight is 338 g/mol. The van der Waals surface area contributed by atoms with Gasteiger partial charge in [0.1, 0.15) is 5.69 Å². The fraction of sp³-hybridized carbons (Fsp3) is 0.133. The molecule has 0 radical (unpaired) electrons. The molecule has 3 rings (SSSR count). The Morgan fingerprint density at radius 1 is 1.17 bits per heavy atom. The maximum Gasteiger partial charge on any atom is 0.377 e. The van der Waals surface area contributed by atoms with Crippen molar-refractivity contribution in [1.82, 2.24) is 15.0 Å². The number of benzene rings is 1. The van der Waals surface area contributed by atoms with Gasteiger partial charge >= 0.3 is 6.18 Å². The van der Waals surface area contributed by atoms with Crippen LogP contribution in [0, 0.1) is 0 Å². The highest BCUT2D eigenvalue weighted by molar-refractivity contribution is 6.35. The summed E-state index contributed by atoms with van der Waals surface area (Å²) in [4.78, 5) is 12.1. The highest BCUT2D eigenvalue weighted by atomic mass is 35.5. The topological polar surface area (TPSA) is 62.5 Å². The van der Waals surface area contributed by atoms with Gasteiger partial charge in [-0.1, -0.05) is 23.7 Å². The van der Waals surface area contributed by atoms with Crippen molar-refractivity contribution in [2.45, 2.75) is 12.2 Å². The van der Waals surface area contributed by atoms with Crippen LogP contribution in [0.3, 0.4) is 0 Å². The van der Waals surface area contributed by atoms with Crippen LogP contribution in [-0.4, -0.2) is 21.1 Å². The van der Waals surface area contributed by atoms with E-state index in [0.717, 1.165) is 0 Å². The fourth-order valence-electron chi connectivity index (χ4n) is 2.20. The smallest absolute Gasteiger partial charge is 0.377 e. The highest BCUT2D eigenvalue weighted by Gasteiger charge is 2.34. The summed E-state index contributed by atoms with van der Waals surface area (Å²) in [5, 5.41) is 0.745. The molecule has 2 heterocycles. The van der Waals surface area contributed by atoms with Crippen molar-refractivity contribution in [1.29, 1.82) is 0 Å². The van der Waals surface area contributed by atoms with E-state index in [1.54, 1.807) is 18.2 Å². The van der Waals surface area contributed by atoms with Gasteiger partial charge in [0.25, 0.3) is 0 Å². The van der Waals surface area contributed by atoms with Gasteiger partial charge in [0.05, 0.1) is 22.4 Å². The van der Waals surface area contributed by atoms with Gasteiger partial charge in [0, 0.05) is 17.8 Å². The number of alkyl halides is 3. The summed E-state index contributed by atoms with van der Waals surface area (Å²) in [6, 6.07) is 3.66. The van der Waals surface area contributed by atoms with Crippen LogP contribution < -0.4 is 0 Å². The van der Waals surface area contributed by atoms with E-state index >= 15 is 0 Å². The summed E-state index contributed by atoms with van der Waals surface area (Å²) in [6.07, 6.45) is -0.661. The molecule has 8 heteroatoms. The number of rotatable bonds is 2. The Morgan fingerprint density at radius 2 is 1.96 bits per heavy atom. The maximum absolute atomic E-state index is 13.0. The van der Waals surface area contributed by atoms with Gasteiger partial charge in [0.15, 0.2) is 0 Å². The zero-order valence-corrected chi connectivity index (χ0v) is 12.2. The number of para-hydroxylation sites is 1. The van der Waals surface area contributed by atoms with Crippen molar-refractivity contribution >= 4 is 22.5 Å². The molecule has 0 unspecified atom stereocenters.